The highest BCUT2D eigenvalue weighted by atomic mass is 127. The Kier molecular flexibility index (Phi) is 4.15. The van der Waals surface area contributed by atoms with Crippen molar-refractivity contribution in [3.63, 3.8) is 0 Å². The molecule has 25 heavy (non-hydrogen) atoms. The van der Waals surface area contributed by atoms with E-state index < -0.39 is 3.55 Å². The molecule has 0 bridgehead atoms. The molecule has 2 aliphatic rings. The number of rotatable bonds is 2. The molecule has 0 saturated heterocycles. The van der Waals surface area contributed by atoms with Crippen molar-refractivity contribution in [2.75, 3.05) is 0 Å². The molecular weight excluding hydrogens is 426 g/mol. The highest BCUT2D eigenvalue weighted by Gasteiger charge is 2.43. The molecule has 4 rings (SSSR count). The molecule has 1 aliphatic heterocycles. The Labute approximate surface area is 160 Å². The van der Waals surface area contributed by atoms with Gasteiger partial charge in [0, 0.05) is 23.4 Å². The Morgan fingerprint density at radius 3 is 2.56 bits per heavy atom. The van der Waals surface area contributed by atoms with Gasteiger partial charge in [0.1, 0.15) is 9.37 Å². The van der Waals surface area contributed by atoms with Crippen molar-refractivity contribution in [3.8, 4) is 0 Å². The Hall–Kier alpha value is -2.08. The van der Waals surface area contributed by atoms with E-state index in [-0.39, 0.29) is 11.7 Å². The van der Waals surface area contributed by atoms with E-state index in [1.165, 1.54) is 6.08 Å². The second kappa shape index (κ2) is 6.33. The maximum Gasteiger partial charge on any atom is 0.141 e. The summed E-state index contributed by atoms with van der Waals surface area (Å²) in [6.45, 7) is 2.02. The number of pyridine rings is 1. The number of allylic oxidation sites excluding steroid dienone is 3. The van der Waals surface area contributed by atoms with Crippen LogP contribution in [0.4, 0.5) is 4.39 Å². The van der Waals surface area contributed by atoms with Gasteiger partial charge in [-0.15, -0.1) is 0 Å². The predicted molar refractivity (Wildman–Crippen MR) is 109 cm³/mol. The lowest BCUT2D eigenvalue weighted by molar-refractivity contribution is 0.597. The summed E-state index contributed by atoms with van der Waals surface area (Å²) in [4.78, 5) is 9.49. The predicted octanol–water partition coefficient (Wildman–Crippen LogP) is 5.64. The zero-order valence-electron chi connectivity index (χ0n) is 13.7. The van der Waals surface area contributed by atoms with Crippen molar-refractivity contribution in [2.24, 2.45) is 10.9 Å². The first-order valence-electron chi connectivity index (χ1n) is 8.12. The van der Waals surface area contributed by atoms with Crippen molar-refractivity contribution in [3.05, 3.63) is 90.0 Å². The van der Waals surface area contributed by atoms with E-state index in [2.05, 4.69) is 39.7 Å². The van der Waals surface area contributed by atoms with Crippen LogP contribution in [-0.2, 0) is 0 Å². The summed E-state index contributed by atoms with van der Waals surface area (Å²) in [5, 5.41) is 0. The lowest BCUT2D eigenvalue weighted by atomic mass is 9.78. The maximum atomic E-state index is 14.1. The minimum atomic E-state index is -0.525. The molecule has 1 unspecified atom stereocenters. The summed E-state index contributed by atoms with van der Waals surface area (Å²) in [6, 6.07) is 16.0. The number of hydrogen-bond acceptors (Lipinski definition) is 2. The Morgan fingerprint density at radius 2 is 1.84 bits per heavy atom. The second-order valence-corrected chi connectivity index (χ2v) is 7.89. The van der Waals surface area contributed by atoms with Gasteiger partial charge < -0.3 is 0 Å². The van der Waals surface area contributed by atoms with Gasteiger partial charge in [0.25, 0.3) is 0 Å². The number of halogens is 2. The minimum Gasteiger partial charge on any atom is -0.267 e. The number of fused-ring (bicyclic) bond motifs is 1. The number of aliphatic imine (C=N–C) groups is 1. The second-order valence-electron chi connectivity index (χ2n) is 6.16. The van der Waals surface area contributed by atoms with Gasteiger partial charge in [0.15, 0.2) is 0 Å². The van der Waals surface area contributed by atoms with Gasteiger partial charge in [-0.2, -0.15) is 0 Å². The van der Waals surface area contributed by atoms with Gasteiger partial charge >= 0.3 is 0 Å². The third-order valence-corrected chi connectivity index (χ3v) is 5.79. The molecule has 2 nitrogen and oxygen atoms in total. The fraction of sp³-hybridized carbons (Fsp3) is 0.143. The molecule has 2 aromatic rings. The van der Waals surface area contributed by atoms with Crippen LogP contribution in [0, 0.1) is 5.92 Å². The molecule has 4 heteroatoms. The van der Waals surface area contributed by atoms with Gasteiger partial charge in [-0.25, -0.2) is 4.39 Å². The Balaban J connectivity index is 2.03. The van der Waals surface area contributed by atoms with Gasteiger partial charge in [-0.1, -0.05) is 36.4 Å². The van der Waals surface area contributed by atoms with E-state index in [0.29, 0.717) is 0 Å². The normalized spacial score (nSPS) is 25.3. The minimum absolute atomic E-state index is 0.202. The van der Waals surface area contributed by atoms with Crippen molar-refractivity contribution in [1.29, 1.82) is 0 Å². The maximum absolute atomic E-state index is 14.1. The topological polar surface area (TPSA) is 25.2 Å². The van der Waals surface area contributed by atoms with Crippen LogP contribution in [0.3, 0.4) is 0 Å². The largest absolute Gasteiger partial charge is 0.267 e. The van der Waals surface area contributed by atoms with E-state index in [1.54, 1.807) is 12.3 Å². The summed E-state index contributed by atoms with van der Waals surface area (Å²) < 4.78 is 13.6. The lowest BCUT2D eigenvalue weighted by Crippen LogP contribution is -2.34. The Morgan fingerprint density at radius 1 is 1.08 bits per heavy atom. The molecule has 0 fully saturated rings. The first-order valence-corrected chi connectivity index (χ1v) is 9.20. The number of aromatic nitrogens is 1. The van der Waals surface area contributed by atoms with Crippen LogP contribution in [0.15, 0.2) is 83.8 Å². The quantitative estimate of drug-likeness (QED) is 0.336. The monoisotopic (exact) mass is 442 g/mol. The summed E-state index contributed by atoms with van der Waals surface area (Å²) in [5.41, 5.74) is 4.94. The summed E-state index contributed by atoms with van der Waals surface area (Å²) >= 11 is 2.32. The van der Waals surface area contributed by atoms with E-state index in [0.717, 1.165) is 28.1 Å². The van der Waals surface area contributed by atoms with Crippen LogP contribution in [-0.4, -0.2) is 14.2 Å². The average Bonchev–Trinajstić information content (AvgIpc) is 2.63. The summed E-state index contributed by atoms with van der Waals surface area (Å²) in [5.74, 6) is -0.431. The van der Waals surface area contributed by atoms with Crippen molar-refractivity contribution >= 4 is 39.4 Å². The van der Waals surface area contributed by atoms with Gasteiger partial charge in [0.2, 0.25) is 0 Å². The van der Waals surface area contributed by atoms with Crippen LogP contribution in [0.1, 0.15) is 18.2 Å². The molecule has 2 atom stereocenters. The standard InChI is InChI=1S/C21H16FIN2/c1-14-19(15-7-3-2-4-8-15)20(18-9-5-6-12-24-18)17-13-16(22)10-11-21(17,23)25-14/h2-13,17H,1H3/t17?,21-/m0/s1. The zero-order chi connectivity index (χ0) is 17.4. The zero-order valence-corrected chi connectivity index (χ0v) is 15.8. The Bertz CT molecular complexity index is 929. The molecule has 0 amide bonds. The van der Waals surface area contributed by atoms with Crippen LogP contribution >= 0.6 is 22.6 Å². The fourth-order valence-corrected chi connectivity index (χ4v) is 4.50. The molecule has 1 aromatic carbocycles. The lowest BCUT2D eigenvalue weighted by Gasteiger charge is -2.38. The van der Waals surface area contributed by atoms with Gasteiger partial charge in [0.05, 0.1) is 5.69 Å². The van der Waals surface area contributed by atoms with Crippen molar-refractivity contribution in [1.82, 2.24) is 4.98 Å². The SMILES string of the molecule is CC1=N[C@@]2(I)C=CC(F)=CC2C(c2ccccn2)=C1c1ccccc1. The summed E-state index contributed by atoms with van der Waals surface area (Å²) in [6.07, 6.45) is 6.79. The van der Waals surface area contributed by atoms with Crippen molar-refractivity contribution < 1.29 is 4.39 Å². The molecule has 2 heterocycles. The fourth-order valence-electron chi connectivity index (χ4n) is 3.47. The van der Waals surface area contributed by atoms with Gasteiger partial charge in [-0.05, 0) is 71.0 Å². The molecule has 1 aliphatic carbocycles. The van der Waals surface area contributed by atoms with Gasteiger partial charge in [-0.3, -0.25) is 9.98 Å². The molecule has 0 spiro atoms. The number of hydrogen-bond donors (Lipinski definition) is 0. The van der Waals surface area contributed by atoms with E-state index in [1.807, 2.05) is 49.4 Å². The molecule has 124 valence electrons. The number of benzene rings is 1. The van der Waals surface area contributed by atoms with E-state index in [9.17, 15) is 4.39 Å². The average molecular weight is 442 g/mol. The van der Waals surface area contributed by atoms with Crippen LogP contribution in [0.2, 0.25) is 0 Å². The molecule has 0 saturated carbocycles. The van der Waals surface area contributed by atoms with Crippen molar-refractivity contribution in [2.45, 2.75) is 10.5 Å². The van der Waals surface area contributed by atoms with E-state index in [4.69, 9.17) is 4.99 Å². The highest BCUT2D eigenvalue weighted by molar-refractivity contribution is 14.1. The van der Waals surface area contributed by atoms with Crippen LogP contribution in [0.25, 0.3) is 11.1 Å². The van der Waals surface area contributed by atoms with E-state index >= 15 is 0 Å². The molecule has 1 aromatic heterocycles. The third kappa shape index (κ3) is 2.88. The summed E-state index contributed by atoms with van der Waals surface area (Å²) in [7, 11) is 0. The number of nitrogens with zero attached hydrogens (tertiary/aromatic N) is 2. The first-order chi connectivity index (χ1) is 12.1. The van der Waals surface area contributed by atoms with Crippen LogP contribution in [0.5, 0.6) is 0 Å². The smallest absolute Gasteiger partial charge is 0.141 e. The number of dihydropyridines is 1. The molecular formula is C21H16FIN2. The highest BCUT2D eigenvalue weighted by Crippen LogP contribution is 2.50. The first kappa shape index (κ1) is 16.4. The third-order valence-electron chi connectivity index (χ3n) is 4.52. The molecule has 0 N–H and O–H groups in total. The van der Waals surface area contributed by atoms with Crippen LogP contribution < -0.4 is 0 Å². The molecule has 0 radical (unpaired) electrons. The number of alkyl halides is 1.